The summed E-state index contributed by atoms with van der Waals surface area (Å²) in [6, 6.07) is 22.0. The molecule has 1 atom stereocenters. The third kappa shape index (κ3) is 9.57. The van der Waals surface area contributed by atoms with Gasteiger partial charge in [0.2, 0.25) is 11.8 Å². The van der Waals surface area contributed by atoms with E-state index in [9.17, 15) is 9.59 Å². The maximum atomic E-state index is 13.7. The first kappa shape index (κ1) is 29.4. The highest BCUT2D eigenvalue weighted by atomic mass is 35.5. The van der Waals surface area contributed by atoms with E-state index in [0.29, 0.717) is 33.8 Å². The van der Waals surface area contributed by atoms with Crippen LogP contribution in [0.25, 0.3) is 0 Å². The van der Waals surface area contributed by atoms with Crippen molar-refractivity contribution in [3.63, 3.8) is 0 Å². The van der Waals surface area contributed by atoms with Crippen LogP contribution in [-0.2, 0) is 28.3 Å². The number of benzene rings is 3. The number of carbonyl (C=O) groups excluding carboxylic acids is 2. The standard InChI is InChI=1S/C29H31Cl3N2O2S/c1-2-3-14-33-29(36)27(17-21-8-5-4-6-9-21)34(18-22-12-13-25(31)26(32)16-22)28(35)20-37-19-23-10-7-11-24(30)15-23/h4-13,15-16,27H,2-3,14,17-20H2,1H3,(H,33,36)/t27-/m0/s1. The molecule has 0 aliphatic rings. The number of hydrogen-bond donors (Lipinski definition) is 1. The summed E-state index contributed by atoms with van der Waals surface area (Å²) in [7, 11) is 0. The maximum absolute atomic E-state index is 13.7. The minimum absolute atomic E-state index is 0.121. The molecule has 37 heavy (non-hydrogen) atoms. The lowest BCUT2D eigenvalue weighted by Gasteiger charge is -2.31. The van der Waals surface area contributed by atoms with Gasteiger partial charge in [-0.05, 0) is 47.4 Å². The van der Waals surface area contributed by atoms with Gasteiger partial charge in [-0.15, -0.1) is 11.8 Å². The van der Waals surface area contributed by atoms with Crippen LogP contribution in [-0.4, -0.2) is 35.1 Å². The Morgan fingerprint density at radius 2 is 1.65 bits per heavy atom. The van der Waals surface area contributed by atoms with E-state index in [0.717, 1.165) is 29.5 Å². The zero-order chi connectivity index (χ0) is 26.6. The highest BCUT2D eigenvalue weighted by molar-refractivity contribution is 7.99. The van der Waals surface area contributed by atoms with E-state index in [1.807, 2.05) is 60.7 Å². The number of hydrogen-bond acceptors (Lipinski definition) is 3. The molecule has 3 aromatic carbocycles. The van der Waals surface area contributed by atoms with Gasteiger partial charge in [0.15, 0.2) is 0 Å². The van der Waals surface area contributed by atoms with Crippen LogP contribution in [0.15, 0.2) is 72.8 Å². The topological polar surface area (TPSA) is 49.4 Å². The molecule has 0 fully saturated rings. The molecule has 0 aromatic heterocycles. The summed E-state index contributed by atoms with van der Waals surface area (Å²) < 4.78 is 0. The van der Waals surface area contributed by atoms with Crippen molar-refractivity contribution in [2.75, 3.05) is 12.3 Å². The SMILES string of the molecule is CCCCNC(=O)[C@H](Cc1ccccc1)N(Cc1ccc(Cl)c(Cl)c1)C(=O)CSCc1cccc(Cl)c1. The predicted molar refractivity (Wildman–Crippen MR) is 156 cm³/mol. The van der Waals surface area contributed by atoms with Crippen LogP contribution in [0, 0.1) is 0 Å². The Morgan fingerprint density at radius 1 is 0.892 bits per heavy atom. The Bertz CT molecular complexity index is 1180. The van der Waals surface area contributed by atoms with Crippen molar-refractivity contribution in [1.82, 2.24) is 10.2 Å². The number of rotatable bonds is 13. The van der Waals surface area contributed by atoms with E-state index >= 15 is 0 Å². The second-order valence-electron chi connectivity index (χ2n) is 8.74. The molecule has 4 nitrogen and oxygen atoms in total. The summed E-state index contributed by atoms with van der Waals surface area (Å²) in [6.07, 6.45) is 2.25. The van der Waals surface area contributed by atoms with Crippen molar-refractivity contribution < 1.29 is 9.59 Å². The quantitative estimate of drug-likeness (QED) is 0.215. The first-order valence-electron chi connectivity index (χ1n) is 12.2. The molecule has 0 unspecified atom stereocenters. The molecule has 1 N–H and O–H groups in total. The van der Waals surface area contributed by atoms with Crippen LogP contribution < -0.4 is 5.32 Å². The molecule has 0 saturated heterocycles. The van der Waals surface area contributed by atoms with Crippen molar-refractivity contribution in [2.45, 2.75) is 44.5 Å². The fourth-order valence-electron chi connectivity index (χ4n) is 3.86. The van der Waals surface area contributed by atoms with Gasteiger partial charge in [0.1, 0.15) is 6.04 Å². The monoisotopic (exact) mass is 576 g/mol. The normalized spacial score (nSPS) is 11.7. The van der Waals surface area contributed by atoms with Gasteiger partial charge in [-0.3, -0.25) is 9.59 Å². The van der Waals surface area contributed by atoms with Gasteiger partial charge in [-0.2, -0.15) is 0 Å². The van der Waals surface area contributed by atoms with Gasteiger partial charge in [-0.1, -0.05) is 96.7 Å². The van der Waals surface area contributed by atoms with Crippen LogP contribution in [0.3, 0.4) is 0 Å². The van der Waals surface area contributed by atoms with Gasteiger partial charge in [-0.25, -0.2) is 0 Å². The molecule has 0 aliphatic heterocycles. The second-order valence-corrected chi connectivity index (χ2v) is 11.0. The van der Waals surface area contributed by atoms with Gasteiger partial charge in [0, 0.05) is 30.3 Å². The fraction of sp³-hybridized carbons (Fsp3) is 0.310. The number of amides is 2. The molecule has 0 aliphatic carbocycles. The van der Waals surface area contributed by atoms with E-state index in [1.54, 1.807) is 17.0 Å². The lowest BCUT2D eigenvalue weighted by atomic mass is 10.0. The Kier molecular flexibility index (Phi) is 12.1. The first-order valence-corrected chi connectivity index (χ1v) is 14.5. The zero-order valence-corrected chi connectivity index (χ0v) is 23.8. The summed E-state index contributed by atoms with van der Waals surface area (Å²) in [5.74, 6) is 0.579. The van der Waals surface area contributed by atoms with Crippen LogP contribution in [0.2, 0.25) is 15.1 Å². The molecule has 0 heterocycles. The number of nitrogens with zero attached hydrogens (tertiary/aromatic N) is 1. The highest BCUT2D eigenvalue weighted by Crippen LogP contribution is 2.25. The van der Waals surface area contributed by atoms with Crippen LogP contribution >= 0.6 is 46.6 Å². The summed E-state index contributed by atoms with van der Waals surface area (Å²) in [5, 5.41) is 4.55. The summed E-state index contributed by atoms with van der Waals surface area (Å²) in [6.45, 7) is 2.88. The highest BCUT2D eigenvalue weighted by Gasteiger charge is 2.30. The molecule has 8 heteroatoms. The van der Waals surface area contributed by atoms with Crippen molar-refractivity contribution >= 4 is 58.4 Å². The molecule has 0 spiro atoms. The molecule has 0 radical (unpaired) electrons. The van der Waals surface area contributed by atoms with Crippen molar-refractivity contribution in [3.8, 4) is 0 Å². The molecule has 196 valence electrons. The zero-order valence-electron chi connectivity index (χ0n) is 20.8. The predicted octanol–water partition coefficient (Wildman–Crippen LogP) is 7.44. The third-order valence-electron chi connectivity index (χ3n) is 5.82. The summed E-state index contributed by atoms with van der Waals surface area (Å²) in [4.78, 5) is 28.8. The Labute approximate surface area is 238 Å². The molecule has 3 rings (SSSR count). The Morgan fingerprint density at radius 3 is 2.35 bits per heavy atom. The van der Waals surface area contributed by atoms with Crippen LogP contribution in [0.4, 0.5) is 0 Å². The second kappa shape index (κ2) is 15.3. The number of nitrogens with one attached hydrogen (secondary N) is 1. The molecule has 2 amide bonds. The number of thioether (sulfide) groups is 1. The fourth-order valence-corrected chi connectivity index (χ4v) is 5.25. The lowest BCUT2D eigenvalue weighted by molar-refractivity contribution is -0.139. The molecule has 0 saturated carbocycles. The Hall–Kier alpha value is -2.18. The van der Waals surface area contributed by atoms with Crippen LogP contribution in [0.1, 0.15) is 36.5 Å². The average Bonchev–Trinajstić information content (AvgIpc) is 2.89. The number of unbranched alkanes of at least 4 members (excludes halogenated alkanes) is 1. The third-order valence-corrected chi connectivity index (χ3v) is 7.78. The van der Waals surface area contributed by atoms with Crippen LogP contribution in [0.5, 0.6) is 0 Å². The largest absolute Gasteiger partial charge is 0.354 e. The summed E-state index contributed by atoms with van der Waals surface area (Å²) >= 11 is 20.0. The molecule has 0 bridgehead atoms. The van der Waals surface area contributed by atoms with E-state index in [2.05, 4.69) is 12.2 Å². The van der Waals surface area contributed by atoms with E-state index in [4.69, 9.17) is 34.8 Å². The molecule has 3 aromatic rings. The minimum Gasteiger partial charge on any atom is -0.354 e. The lowest BCUT2D eigenvalue weighted by Crippen LogP contribution is -2.51. The number of carbonyl (C=O) groups is 2. The van der Waals surface area contributed by atoms with E-state index in [-0.39, 0.29) is 24.1 Å². The van der Waals surface area contributed by atoms with Gasteiger partial charge in [0.25, 0.3) is 0 Å². The first-order chi connectivity index (χ1) is 17.9. The van der Waals surface area contributed by atoms with Gasteiger partial charge in [0.05, 0.1) is 15.8 Å². The van der Waals surface area contributed by atoms with Gasteiger partial charge >= 0.3 is 0 Å². The van der Waals surface area contributed by atoms with Crippen molar-refractivity contribution in [2.24, 2.45) is 0 Å². The van der Waals surface area contributed by atoms with Crippen molar-refractivity contribution in [3.05, 3.63) is 105 Å². The maximum Gasteiger partial charge on any atom is 0.243 e. The summed E-state index contributed by atoms with van der Waals surface area (Å²) in [5.41, 5.74) is 2.83. The Balaban J connectivity index is 1.85. The van der Waals surface area contributed by atoms with E-state index in [1.165, 1.54) is 11.8 Å². The smallest absolute Gasteiger partial charge is 0.243 e. The molecular weight excluding hydrogens is 547 g/mol. The average molecular weight is 578 g/mol. The number of halogens is 3. The van der Waals surface area contributed by atoms with Gasteiger partial charge < -0.3 is 10.2 Å². The van der Waals surface area contributed by atoms with Crippen molar-refractivity contribution in [1.29, 1.82) is 0 Å². The minimum atomic E-state index is -0.673. The molecular formula is C29H31Cl3N2O2S. The van der Waals surface area contributed by atoms with E-state index < -0.39 is 6.04 Å².